The van der Waals surface area contributed by atoms with E-state index in [9.17, 15) is 45.3 Å². The van der Waals surface area contributed by atoms with Gasteiger partial charge in [-0.25, -0.2) is 0 Å². The van der Waals surface area contributed by atoms with Crippen molar-refractivity contribution in [3.05, 3.63) is 48.6 Å². The molecule has 2 heterocycles. The van der Waals surface area contributed by atoms with E-state index in [2.05, 4.69) is 37.3 Å². The fourth-order valence-electron chi connectivity index (χ4n) is 4.91. The molecule has 0 radical (unpaired) electrons. The van der Waals surface area contributed by atoms with Crippen LogP contribution in [-0.2, 0) is 38.0 Å². The second-order valence-corrected chi connectivity index (χ2v) is 12.0. The summed E-state index contributed by atoms with van der Waals surface area (Å²) in [6.45, 7) is 1.91. The Kier molecular flexibility index (Phi) is 21.5. The Balaban J connectivity index is 1.89. The van der Waals surface area contributed by atoms with E-state index in [1.54, 1.807) is 6.92 Å². The van der Waals surface area contributed by atoms with Gasteiger partial charge in [-0.3, -0.25) is 9.59 Å². The molecule has 0 saturated carbocycles. The summed E-state index contributed by atoms with van der Waals surface area (Å²) in [6, 6.07) is 0. The van der Waals surface area contributed by atoms with Crippen molar-refractivity contribution in [2.24, 2.45) is 0 Å². The monoisotopic (exact) mass is 716 g/mol. The molecule has 0 aromatic carbocycles. The van der Waals surface area contributed by atoms with Gasteiger partial charge < -0.3 is 64.2 Å². The van der Waals surface area contributed by atoms with Crippen molar-refractivity contribution in [1.82, 2.24) is 0 Å². The lowest BCUT2D eigenvalue weighted by molar-refractivity contribution is -0.332. The minimum atomic E-state index is -1.77. The van der Waals surface area contributed by atoms with E-state index in [4.69, 9.17) is 28.4 Å². The first-order valence-corrected chi connectivity index (χ1v) is 17.2. The Morgan fingerprint density at radius 3 is 1.76 bits per heavy atom. The highest BCUT2D eigenvalue weighted by Crippen LogP contribution is 2.26. The van der Waals surface area contributed by atoms with Crippen LogP contribution in [0, 0.1) is 0 Å². The molecule has 0 bridgehead atoms. The number of carbonyl (C=O) groups is 2. The summed E-state index contributed by atoms with van der Waals surface area (Å²) in [5.74, 6) is -1.09. The molecular weight excluding hydrogens is 660 g/mol. The van der Waals surface area contributed by atoms with Crippen LogP contribution in [0.15, 0.2) is 48.6 Å². The topological polar surface area (TPSA) is 231 Å². The van der Waals surface area contributed by atoms with Gasteiger partial charge in [0.15, 0.2) is 18.7 Å². The zero-order valence-electron chi connectivity index (χ0n) is 28.9. The minimum absolute atomic E-state index is 0.0401. The van der Waals surface area contributed by atoms with E-state index in [1.165, 1.54) is 0 Å². The van der Waals surface area contributed by atoms with Crippen LogP contribution >= 0.6 is 0 Å². The number of carbonyl (C=O) groups excluding carboxylic acids is 2. The lowest BCUT2D eigenvalue weighted by atomic mass is 9.98. The van der Waals surface area contributed by atoms with Crippen molar-refractivity contribution in [3.8, 4) is 0 Å². The molecule has 0 amide bonds. The van der Waals surface area contributed by atoms with Gasteiger partial charge in [0.1, 0.15) is 55.4 Å². The number of ether oxygens (including phenoxy) is 6. The van der Waals surface area contributed by atoms with Crippen molar-refractivity contribution in [3.63, 3.8) is 0 Å². The molecule has 0 aliphatic carbocycles. The number of hydrogen-bond acceptors (Lipinski definition) is 15. The lowest BCUT2D eigenvalue weighted by Crippen LogP contribution is -2.61. The summed E-state index contributed by atoms with van der Waals surface area (Å²) >= 11 is 0. The maximum Gasteiger partial charge on any atom is 0.306 e. The van der Waals surface area contributed by atoms with Gasteiger partial charge in [0.05, 0.1) is 19.8 Å². The van der Waals surface area contributed by atoms with Crippen molar-refractivity contribution in [2.45, 2.75) is 133 Å². The summed E-state index contributed by atoms with van der Waals surface area (Å²) in [6.07, 6.45) is 3.98. The predicted molar refractivity (Wildman–Crippen MR) is 178 cm³/mol. The molecule has 2 fully saturated rings. The van der Waals surface area contributed by atoms with Gasteiger partial charge in [0.2, 0.25) is 0 Å². The van der Waals surface area contributed by atoms with Crippen LogP contribution in [0.5, 0.6) is 0 Å². The molecule has 286 valence electrons. The molecule has 2 rings (SSSR count). The lowest BCUT2D eigenvalue weighted by Gasteiger charge is -2.42. The fraction of sp³-hybridized carbons (Fsp3) is 0.714. The summed E-state index contributed by atoms with van der Waals surface area (Å²) in [5.41, 5.74) is 0. The second-order valence-electron chi connectivity index (χ2n) is 12.0. The summed E-state index contributed by atoms with van der Waals surface area (Å²) in [4.78, 5) is 24.6. The van der Waals surface area contributed by atoms with E-state index in [0.29, 0.717) is 19.3 Å². The van der Waals surface area contributed by atoms with E-state index < -0.39 is 99.3 Å². The Morgan fingerprint density at radius 2 is 1.18 bits per heavy atom. The van der Waals surface area contributed by atoms with Gasteiger partial charge in [-0.05, 0) is 38.5 Å². The highest BCUT2D eigenvalue weighted by molar-refractivity contribution is 5.70. The van der Waals surface area contributed by atoms with E-state index in [1.807, 2.05) is 18.2 Å². The third-order valence-corrected chi connectivity index (χ3v) is 7.80. The molecule has 11 unspecified atom stereocenters. The van der Waals surface area contributed by atoms with Crippen LogP contribution in [0.25, 0.3) is 0 Å². The maximum absolute atomic E-state index is 12.6. The molecular formula is C35H56O15. The van der Waals surface area contributed by atoms with Gasteiger partial charge in [-0.15, -0.1) is 0 Å². The molecule has 15 nitrogen and oxygen atoms in total. The Labute approximate surface area is 293 Å². The highest BCUT2D eigenvalue weighted by atomic mass is 16.7. The summed E-state index contributed by atoms with van der Waals surface area (Å²) < 4.78 is 32.6. The zero-order chi connectivity index (χ0) is 36.9. The number of esters is 2. The van der Waals surface area contributed by atoms with E-state index >= 15 is 0 Å². The average Bonchev–Trinajstić information content (AvgIpc) is 3.10. The number of allylic oxidation sites excluding steroid dienone is 8. The van der Waals surface area contributed by atoms with Gasteiger partial charge in [-0.1, -0.05) is 62.5 Å². The van der Waals surface area contributed by atoms with Crippen LogP contribution in [-0.4, -0.2) is 142 Å². The standard InChI is InChI=1S/C35H56O15/c1-3-5-6-7-8-9-10-11-12-13-14-15-16-18-27(38)48-23(20-45-26(37)17-4-2)21-46-34-33(44)31(42)29(40)25(50-34)22-47-35-32(43)30(41)28(39)24(19-36)49-35/h5-6,8-9,11-12,14-15,23-25,28-36,39-44H,3-4,7,10,13,16-22H2,1-2H3/b6-5-,9-8-,12-11-,15-14-. The van der Waals surface area contributed by atoms with Crippen LogP contribution in [0.1, 0.15) is 65.2 Å². The Bertz CT molecular complexity index is 1080. The third kappa shape index (κ3) is 15.4. The molecule has 50 heavy (non-hydrogen) atoms. The third-order valence-electron chi connectivity index (χ3n) is 7.80. The number of aliphatic hydroxyl groups is 7. The predicted octanol–water partition coefficient (Wildman–Crippen LogP) is 0.468. The number of hydrogen-bond donors (Lipinski definition) is 7. The first-order chi connectivity index (χ1) is 24.0. The molecule has 2 saturated heterocycles. The van der Waals surface area contributed by atoms with E-state index in [-0.39, 0.29) is 19.4 Å². The van der Waals surface area contributed by atoms with Gasteiger partial charge >= 0.3 is 11.9 Å². The maximum atomic E-state index is 12.6. The molecule has 2 aliphatic rings. The van der Waals surface area contributed by atoms with Crippen LogP contribution in [0.2, 0.25) is 0 Å². The Hall–Kier alpha value is -2.54. The van der Waals surface area contributed by atoms with Crippen molar-refractivity contribution in [2.75, 3.05) is 26.4 Å². The highest BCUT2D eigenvalue weighted by Gasteiger charge is 2.47. The van der Waals surface area contributed by atoms with Gasteiger partial charge in [0, 0.05) is 12.8 Å². The molecule has 2 aliphatic heterocycles. The SMILES string of the molecule is CC/C=C\C/C=C\C/C=C\C/C=C\CCC(=O)OC(COC(=O)CCC)COC1OC(COC2OC(CO)C(O)C(O)C2O)C(O)C(O)C1O. The van der Waals surface area contributed by atoms with Crippen molar-refractivity contribution < 1.29 is 73.8 Å². The van der Waals surface area contributed by atoms with Crippen LogP contribution < -0.4 is 0 Å². The molecule has 11 atom stereocenters. The second kappa shape index (κ2) is 24.6. The summed E-state index contributed by atoms with van der Waals surface area (Å²) in [5, 5.41) is 71.0. The quantitative estimate of drug-likeness (QED) is 0.0596. The first kappa shape index (κ1) is 43.6. The molecule has 0 aromatic rings. The van der Waals surface area contributed by atoms with Gasteiger partial charge in [-0.2, -0.15) is 0 Å². The molecule has 0 spiro atoms. The largest absolute Gasteiger partial charge is 0.462 e. The minimum Gasteiger partial charge on any atom is -0.462 e. The van der Waals surface area contributed by atoms with Crippen LogP contribution in [0.3, 0.4) is 0 Å². The van der Waals surface area contributed by atoms with Crippen LogP contribution in [0.4, 0.5) is 0 Å². The average molecular weight is 717 g/mol. The van der Waals surface area contributed by atoms with E-state index in [0.717, 1.165) is 19.3 Å². The summed E-state index contributed by atoms with van der Waals surface area (Å²) in [7, 11) is 0. The fourth-order valence-corrected chi connectivity index (χ4v) is 4.91. The smallest absolute Gasteiger partial charge is 0.306 e. The number of aliphatic hydroxyl groups excluding tert-OH is 7. The zero-order valence-corrected chi connectivity index (χ0v) is 28.9. The normalized spacial score (nSPS) is 31.2. The molecule has 15 heteroatoms. The molecule has 0 aromatic heterocycles. The number of rotatable bonds is 22. The molecule has 7 N–H and O–H groups in total. The first-order valence-electron chi connectivity index (χ1n) is 17.2. The van der Waals surface area contributed by atoms with Gasteiger partial charge in [0.25, 0.3) is 0 Å². The van der Waals surface area contributed by atoms with Crippen molar-refractivity contribution in [1.29, 1.82) is 0 Å². The Morgan fingerprint density at radius 1 is 0.640 bits per heavy atom. The van der Waals surface area contributed by atoms with Crippen molar-refractivity contribution >= 4 is 11.9 Å².